The highest BCUT2D eigenvalue weighted by Gasteiger charge is 2.64. The van der Waals surface area contributed by atoms with Gasteiger partial charge in [0.2, 0.25) is 5.78 Å². The van der Waals surface area contributed by atoms with Crippen LogP contribution in [0.3, 0.4) is 0 Å². The van der Waals surface area contributed by atoms with E-state index in [0.717, 1.165) is 5.56 Å². The molecule has 0 saturated heterocycles. The van der Waals surface area contributed by atoms with Crippen LogP contribution >= 0.6 is 0 Å². The third-order valence-corrected chi connectivity index (χ3v) is 9.07. The highest BCUT2D eigenvalue weighted by molar-refractivity contribution is 6.25. The number of aliphatic hydroxyl groups excluding tert-OH is 1. The molecule has 8 N–H and O–H groups in total. The lowest BCUT2D eigenvalue weighted by Gasteiger charge is -2.50. The van der Waals surface area contributed by atoms with Crippen molar-refractivity contribution in [2.75, 3.05) is 38.1 Å². The summed E-state index contributed by atoms with van der Waals surface area (Å²) in [5.41, 5.74) is 5.67. The maximum absolute atomic E-state index is 14.4. The Morgan fingerprint density at radius 2 is 1.83 bits per heavy atom. The van der Waals surface area contributed by atoms with Gasteiger partial charge >= 0.3 is 5.91 Å². The second-order valence-corrected chi connectivity index (χ2v) is 12.1. The van der Waals surface area contributed by atoms with E-state index in [1.54, 1.807) is 63.4 Å². The van der Waals surface area contributed by atoms with Crippen LogP contribution in [0.5, 0.6) is 5.75 Å². The van der Waals surface area contributed by atoms with Gasteiger partial charge in [0.15, 0.2) is 22.9 Å². The van der Waals surface area contributed by atoms with Gasteiger partial charge in [0.1, 0.15) is 11.3 Å². The largest absolute Gasteiger partial charge is 0.510 e. The third kappa shape index (κ3) is 4.70. The number of carbonyl (C=O) groups is 3. The van der Waals surface area contributed by atoms with Crippen molar-refractivity contribution in [1.29, 1.82) is 10.8 Å². The molecule has 2 aromatic carbocycles. The number of nitriles is 1. The van der Waals surface area contributed by atoms with E-state index in [2.05, 4.69) is 5.11 Å². The first-order valence-electron chi connectivity index (χ1n) is 14.2. The number of nitrogens with two attached hydrogens (primary N) is 2. The molecule has 2 aromatic rings. The second-order valence-electron chi connectivity index (χ2n) is 12.1. The lowest BCUT2D eigenvalue weighted by molar-refractivity contribution is -0.150. The molecule has 4 atom stereocenters. The minimum atomic E-state index is -2.68. The number of ketones is 2. The Labute approximate surface area is 264 Å². The summed E-state index contributed by atoms with van der Waals surface area (Å²) in [5.74, 6) is 5.13. The number of rotatable bonds is 7. The van der Waals surface area contributed by atoms with Crippen LogP contribution in [0.25, 0.3) is 0 Å². The quantitative estimate of drug-likeness (QED) is 0.110. The van der Waals surface area contributed by atoms with Crippen molar-refractivity contribution in [3.8, 4) is 11.8 Å². The number of likely N-dealkylation sites (N-methyl/N-ethyl adjacent to an activating group) is 1. The molecular weight excluding hydrogens is 596 g/mol. The number of nitrogens with one attached hydrogen (secondary N) is 1. The molecule has 240 valence electrons. The smallest absolute Gasteiger partial charge is 0.302 e. The number of aromatic hydroxyl groups is 1. The number of hydrazine groups is 1. The fraction of sp³-hybridized carbons (Fsp3) is 0.355. The molecule has 1 amide bonds. The molecule has 3 aliphatic carbocycles. The summed E-state index contributed by atoms with van der Waals surface area (Å²) in [5, 5.41) is 47.9. The predicted molar refractivity (Wildman–Crippen MR) is 163 cm³/mol. The predicted octanol–water partition coefficient (Wildman–Crippen LogP) is 1.34. The maximum atomic E-state index is 14.4. The van der Waals surface area contributed by atoms with E-state index in [1.807, 2.05) is 6.07 Å². The summed E-state index contributed by atoms with van der Waals surface area (Å²) < 4.78 is 0. The van der Waals surface area contributed by atoms with Crippen LogP contribution in [0, 0.1) is 28.7 Å². The number of nitrogens with zero attached hydrogens (tertiary/aromatic N) is 5. The zero-order chi connectivity index (χ0) is 33.8. The number of benzene rings is 2. The highest BCUT2D eigenvalue weighted by atomic mass is 16.6. The first-order valence-corrected chi connectivity index (χ1v) is 14.2. The second kappa shape index (κ2) is 11.7. The minimum Gasteiger partial charge on any atom is -0.510 e. The number of hydrogen-bond acceptors (Lipinski definition) is 14. The van der Waals surface area contributed by atoms with Gasteiger partial charge in [-0.15, -0.1) is 5.11 Å². The van der Waals surface area contributed by atoms with Crippen LogP contribution in [0.1, 0.15) is 33.5 Å². The standard InChI is InChI=1S/C31H34N8O7/c1-37(2)19-11-20(39(34)13-15-7-5-14(12-32)6-8-15)25(40)22-17(19)9-16-10-18-24(38(3)4)27(42)23(30(44)36-33)28(43)31(18,45)29(46-35)21(16)26(22)41/h5-8,11,16,18,24,33,40,42,45H,9-10,13,34-35H2,1-4H3/t16-,18-,24-,31+/m0/s1. The van der Waals surface area contributed by atoms with E-state index in [9.17, 15) is 29.7 Å². The number of phenolic OH excluding ortho intramolecular Hbond substituents is 1. The topological polar surface area (TPSA) is 243 Å². The minimum absolute atomic E-state index is 0.0148. The lowest BCUT2D eigenvalue weighted by Crippen LogP contribution is -2.64. The molecule has 0 radical (unpaired) electrons. The molecule has 15 nitrogen and oxygen atoms in total. The molecular formula is C31H34N8O7. The first-order chi connectivity index (χ1) is 21.7. The number of phenols is 1. The molecule has 0 bridgehead atoms. The van der Waals surface area contributed by atoms with Gasteiger partial charge in [-0.05, 0) is 62.2 Å². The Hall–Kier alpha value is -5.14. The van der Waals surface area contributed by atoms with Gasteiger partial charge in [-0.2, -0.15) is 11.2 Å². The van der Waals surface area contributed by atoms with Crippen molar-refractivity contribution >= 4 is 28.8 Å². The van der Waals surface area contributed by atoms with E-state index in [-0.39, 0.29) is 36.2 Å². The Kier molecular flexibility index (Phi) is 8.17. The van der Waals surface area contributed by atoms with Crippen molar-refractivity contribution in [2.45, 2.75) is 31.0 Å². The average molecular weight is 631 g/mol. The van der Waals surface area contributed by atoms with Gasteiger partial charge in [0.25, 0.3) is 0 Å². The summed E-state index contributed by atoms with van der Waals surface area (Å²) >= 11 is 0. The summed E-state index contributed by atoms with van der Waals surface area (Å²) in [6.07, 6.45) is 0.142. The normalized spacial score (nSPS) is 23.8. The molecule has 0 heterocycles. The van der Waals surface area contributed by atoms with Crippen molar-refractivity contribution in [2.24, 2.45) is 28.7 Å². The number of amides is 1. The number of Topliss-reactive ketones (excluding diaryl/α,β-unsaturated/α-hetero) is 2. The van der Waals surface area contributed by atoms with E-state index in [4.69, 9.17) is 27.4 Å². The third-order valence-electron chi connectivity index (χ3n) is 9.07. The van der Waals surface area contributed by atoms with Crippen LogP contribution in [0.2, 0.25) is 0 Å². The molecule has 0 aliphatic heterocycles. The summed E-state index contributed by atoms with van der Waals surface area (Å²) in [7, 11) is 6.67. The van der Waals surface area contributed by atoms with Gasteiger partial charge in [-0.3, -0.25) is 19.3 Å². The monoisotopic (exact) mass is 630 g/mol. The SMILES string of the molecule is CN(C)c1cc(N(N)Cc2ccc(C#N)cc2)c(O)c2c1C[C@H]1C[C@H]3[C@H](N(C)C)C(O)=C(C(=O)N=N)C(=O)[C@@]3(O)C(ON)=C1C2=O. The fourth-order valence-electron chi connectivity index (χ4n) is 7.02. The van der Waals surface area contributed by atoms with Gasteiger partial charge in [0.05, 0.1) is 35.5 Å². The van der Waals surface area contributed by atoms with Crippen molar-refractivity contribution in [3.63, 3.8) is 0 Å². The Morgan fingerprint density at radius 1 is 1.17 bits per heavy atom. The Balaban J connectivity index is 1.69. The zero-order valence-electron chi connectivity index (χ0n) is 25.6. The van der Waals surface area contributed by atoms with Gasteiger partial charge in [0, 0.05) is 31.3 Å². The van der Waals surface area contributed by atoms with E-state index >= 15 is 0 Å². The number of allylic oxidation sites excluding steroid dienone is 1. The number of fused-ring (bicyclic) bond motifs is 3. The molecule has 0 spiro atoms. The molecule has 15 heteroatoms. The summed E-state index contributed by atoms with van der Waals surface area (Å²) in [6, 6.07) is 9.29. The number of aliphatic hydroxyl groups is 2. The van der Waals surface area contributed by atoms with E-state index in [1.165, 1.54) is 9.91 Å². The summed E-state index contributed by atoms with van der Waals surface area (Å²) in [4.78, 5) is 49.2. The number of anilines is 2. The van der Waals surface area contributed by atoms with Gasteiger partial charge < -0.3 is 30.1 Å². The first kappa shape index (κ1) is 32.3. The van der Waals surface area contributed by atoms with Gasteiger partial charge in [-0.1, -0.05) is 12.1 Å². The molecule has 0 fully saturated rings. The van der Waals surface area contributed by atoms with Crippen molar-refractivity contribution in [3.05, 3.63) is 75.3 Å². The van der Waals surface area contributed by atoms with Crippen LogP contribution in [-0.4, -0.2) is 77.5 Å². The van der Waals surface area contributed by atoms with Crippen LogP contribution in [0.4, 0.5) is 11.4 Å². The van der Waals surface area contributed by atoms with Crippen LogP contribution in [-0.2, 0) is 27.4 Å². The molecule has 0 saturated carbocycles. The number of carbonyl (C=O) groups excluding carboxylic acids is 3. The Bertz CT molecular complexity index is 1780. The van der Waals surface area contributed by atoms with Crippen LogP contribution in [0.15, 0.2) is 58.1 Å². The van der Waals surface area contributed by atoms with Crippen molar-refractivity contribution in [1.82, 2.24) is 4.90 Å². The Morgan fingerprint density at radius 3 is 2.37 bits per heavy atom. The molecule has 5 rings (SSSR count). The van der Waals surface area contributed by atoms with Crippen LogP contribution < -0.4 is 21.6 Å². The average Bonchev–Trinajstić information content (AvgIpc) is 3.01. The molecule has 46 heavy (non-hydrogen) atoms. The summed E-state index contributed by atoms with van der Waals surface area (Å²) in [6.45, 7) is 0.108. The van der Waals surface area contributed by atoms with Gasteiger partial charge in [-0.25, -0.2) is 11.4 Å². The maximum Gasteiger partial charge on any atom is 0.302 e. The fourth-order valence-corrected chi connectivity index (χ4v) is 7.02. The lowest BCUT2D eigenvalue weighted by atomic mass is 9.58. The molecule has 0 aromatic heterocycles. The van der Waals surface area contributed by atoms with E-state index in [0.29, 0.717) is 16.8 Å². The zero-order valence-corrected chi connectivity index (χ0v) is 25.6. The molecule has 0 unspecified atom stereocenters. The molecule has 3 aliphatic rings. The van der Waals surface area contributed by atoms with E-state index < -0.39 is 63.8 Å². The highest BCUT2D eigenvalue weighted by Crippen LogP contribution is 2.54. The van der Waals surface area contributed by atoms with Crippen molar-refractivity contribution < 1.29 is 34.5 Å². The number of hydrogen-bond donors (Lipinski definition) is 6.